The number of carbonyl (C=O) groups excluding carboxylic acids is 2. The van der Waals surface area contributed by atoms with Crippen molar-refractivity contribution in [1.82, 2.24) is 0 Å². The number of hydrogen-bond acceptors (Lipinski definition) is 3. The molecule has 3 aliphatic rings. The summed E-state index contributed by atoms with van der Waals surface area (Å²) in [6, 6.07) is 10.4. The third kappa shape index (κ3) is 2.36. The summed E-state index contributed by atoms with van der Waals surface area (Å²) in [6.07, 6.45) is 2.16. The molecule has 0 unspecified atom stereocenters. The summed E-state index contributed by atoms with van der Waals surface area (Å²) in [5, 5.41) is 0. The van der Waals surface area contributed by atoms with Gasteiger partial charge in [-0.1, -0.05) is 18.2 Å². The van der Waals surface area contributed by atoms with Crippen molar-refractivity contribution in [1.29, 1.82) is 0 Å². The molecule has 0 radical (unpaired) electrons. The van der Waals surface area contributed by atoms with Gasteiger partial charge in [-0.15, -0.1) is 11.8 Å². The van der Waals surface area contributed by atoms with Crippen LogP contribution in [-0.4, -0.2) is 23.1 Å². The average Bonchev–Trinajstić information content (AvgIpc) is 3.09. The first-order chi connectivity index (χ1) is 14.1. The fourth-order valence-corrected chi connectivity index (χ4v) is 6.72. The lowest BCUT2D eigenvalue weighted by Crippen LogP contribution is -2.55. The monoisotopic (exact) mass is 418 g/mol. The van der Waals surface area contributed by atoms with Crippen molar-refractivity contribution in [2.24, 2.45) is 0 Å². The van der Waals surface area contributed by atoms with E-state index in [2.05, 4.69) is 52.0 Å². The number of aryl methyl sites for hydroxylation is 3. The van der Waals surface area contributed by atoms with Gasteiger partial charge < -0.3 is 0 Å². The van der Waals surface area contributed by atoms with Crippen LogP contribution in [0.15, 0.2) is 36.4 Å². The Kier molecular flexibility index (Phi) is 3.89. The molecule has 5 rings (SSSR count). The van der Waals surface area contributed by atoms with Gasteiger partial charge in [-0.3, -0.25) is 19.4 Å². The van der Waals surface area contributed by atoms with E-state index in [1.807, 2.05) is 30.9 Å². The van der Waals surface area contributed by atoms with Crippen molar-refractivity contribution in [3.05, 3.63) is 64.2 Å². The van der Waals surface area contributed by atoms with Gasteiger partial charge in [-0.05, 0) is 82.0 Å². The zero-order valence-corrected chi connectivity index (χ0v) is 19.1. The maximum absolute atomic E-state index is 14.2. The number of thioether (sulfide) groups is 1. The number of nitrogens with zero attached hydrogens (tertiary/aromatic N) is 2. The maximum Gasteiger partial charge on any atom is 0.269 e. The molecule has 1 fully saturated rings. The number of allylic oxidation sites excluding steroid dienone is 1. The minimum absolute atomic E-state index is 0.0176. The zero-order valence-electron chi connectivity index (χ0n) is 18.3. The highest BCUT2D eigenvalue weighted by atomic mass is 32.2. The molecule has 30 heavy (non-hydrogen) atoms. The molecule has 1 saturated heterocycles. The van der Waals surface area contributed by atoms with Crippen LogP contribution in [0.5, 0.6) is 0 Å². The van der Waals surface area contributed by atoms with E-state index in [0.29, 0.717) is 5.75 Å². The molecule has 3 aliphatic heterocycles. The Labute approximate surface area is 181 Å². The van der Waals surface area contributed by atoms with Crippen LogP contribution in [0, 0.1) is 20.8 Å². The Balaban J connectivity index is 1.84. The second-order valence-electron chi connectivity index (χ2n) is 9.34. The summed E-state index contributed by atoms with van der Waals surface area (Å²) in [7, 11) is 0. The second-order valence-corrected chi connectivity index (χ2v) is 10.5. The van der Waals surface area contributed by atoms with E-state index in [1.54, 1.807) is 4.90 Å². The van der Waals surface area contributed by atoms with E-state index < -0.39 is 10.4 Å². The van der Waals surface area contributed by atoms with E-state index in [-0.39, 0.29) is 11.8 Å². The Morgan fingerprint density at radius 1 is 0.867 bits per heavy atom. The average molecular weight is 419 g/mol. The molecule has 0 bridgehead atoms. The molecule has 1 atom stereocenters. The Bertz CT molecular complexity index is 1160. The van der Waals surface area contributed by atoms with Crippen molar-refractivity contribution in [3.63, 3.8) is 0 Å². The van der Waals surface area contributed by atoms with Crippen LogP contribution in [0.4, 0.5) is 11.4 Å². The number of benzene rings is 2. The largest absolute Gasteiger partial charge is 0.299 e. The summed E-state index contributed by atoms with van der Waals surface area (Å²) in [5.74, 6) is 0.256. The molecule has 0 N–H and O–H groups in total. The van der Waals surface area contributed by atoms with Crippen LogP contribution in [0.25, 0.3) is 5.57 Å². The molecule has 2 aromatic carbocycles. The summed E-state index contributed by atoms with van der Waals surface area (Å²) in [5.41, 5.74) is 7.79. The predicted molar refractivity (Wildman–Crippen MR) is 124 cm³/mol. The van der Waals surface area contributed by atoms with Crippen molar-refractivity contribution in [3.8, 4) is 0 Å². The molecule has 1 spiro atoms. The van der Waals surface area contributed by atoms with Gasteiger partial charge in [0.2, 0.25) is 10.8 Å². The van der Waals surface area contributed by atoms with E-state index in [4.69, 9.17) is 0 Å². The fourth-order valence-electron chi connectivity index (χ4n) is 5.40. The van der Waals surface area contributed by atoms with Gasteiger partial charge in [0.15, 0.2) is 0 Å². The van der Waals surface area contributed by atoms with Gasteiger partial charge in [0.25, 0.3) is 5.91 Å². The van der Waals surface area contributed by atoms with E-state index in [9.17, 15) is 9.59 Å². The van der Waals surface area contributed by atoms with Gasteiger partial charge >= 0.3 is 0 Å². The first kappa shape index (κ1) is 19.4. The first-order valence-corrected chi connectivity index (χ1v) is 11.3. The first-order valence-electron chi connectivity index (χ1n) is 10.3. The number of amides is 2. The van der Waals surface area contributed by atoms with Gasteiger partial charge in [0.05, 0.1) is 17.0 Å². The number of rotatable bonds is 1. The topological polar surface area (TPSA) is 40.6 Å². The standard InChI is InChI=1S/C25H26N2O2S/c1-14-7-15(2)9-18(8-14)26-21(28)13-30-25(26)20-11-16(3)10-19-17(4)12-24(5,6)27(22(19)20)23(25)29/h7-12H,13H2,1-6H3/t25-/m1/s1. The molecule has 0 aromatic heterocycles. The predicted octanol–water partition coefficient (Wildman–Crippen LogP) is 5.09. The van der Waals surface area contributed by atoms with Crippen LogP contribution in [0.1, 0.15) is 48.6 Å². The van der Waals surface area contributed by atoms with E-state index >= 15 is 0 Å². The molecule has 2 amide bonds. The van der Waals surface area contributed by atoms with E-state index in [0.717, 1.165) is 39.2 Å². The zero-order chi connectivity index (χ0) is 21.6. The summed E-state index contributed by atoms with van der Waals surface area (Å²) < 4.78 is 0. The Morgan fingerprint density at radius 3 is 2.17 bits per heavy atom. The quantitative estimate of drug-likeness (QED) is 0.648. The van der Waals surface area contributed by atoms with Crippen molar-refractivity contribution in [2.45, 2.75) is 52.0 Å². The third-order valence-corrected chi connectivity index (χ3v) is 7.73. The summed E-state index contributed by atoms with van der Waals surface area (Å²) in [4.78, 5) is 30.1. The SMILES string of the molecule is CC1=CC(C)(C)N2C(=O)[C@]3(SCC(=O)N3c3cc(C)cc(C)c3)c3cc(C)cc1c32. The lowest BCUT2D eigenvalue weighted by atomic mass is 9.88. The molecule has 4 nitrogen and oxygen atoms in total. The molecular weight excluding hydrogens is 392 g/mol. The number of carbonyl (C=O) groups is 2. The van der Waals surface area contributed by atoms with Crippen LogP contribution < -0.4 is 9.80 Å². The van der Waals surface area contributed by atoms with Crippen molar-refractivity contribution < 1.29 is 9.59 Å². The molecule has 5 heteroatoms. The maximum atomic E-state index is 14.2. The minimum Gasteiger partial charge on any atom is -0.299 e. The summed E-state index contributed by atoms with van der Waals surface area (Å²) in [6.45, 7) is 12.4. The fraction of sp³-hybridized carbons (Fsp3) is 0.360. The summed E-state index contributed by atoms with van der Waals surface area (Å²) >= 11 is 1.45. The highest BCUT2D eigenvalue weighted by Gasteiger charge is 2.64. The molecule has 2 aromatic rings. The normalized spacial score (nSPS) is 24.0. The molecule has 3 heterocycles. The second kappa shape index (κ2) is 6.01. The van der Waals surface area contributed by atoms with Crippen LogP contribution in [0.3, 0.4) is 0 Å². The Morgan fingerprint density at radius 2 is 1.50 bits per heavy atom. The lowest BCUT2D eigenvalue weighted by molar-refractivity contribution is -0.124. The Hall–Kier alpha value is -2.53. The number of anilines is 2. The molecule has 0 aliphatic carbocycles. The smallest absolute Gasteiger partial charge is 0.269 e. The van der Waals surface area contributed by atoms with Crippen LogP contribution >= 0.6 is 11.8 Å². The highest BCUT2D eigenvalue weighted by Crippen LogP contribution is 2.60. The van der Waals surface area contributed by atoms with E-state index in [1.165, 1.54) is 17.3 Å². The number of hydrogen-bond donors (Lipinski definition) is 0. The highest BCUT2D eigenvalue weighted by molar-refractivity contribution is 8.02. The molecular formula is C25H26N2O2S. The van der Waals surface area contributed by atoms with Gasteiger partial charge in [0, 0.05) is 16.8 Å². The van der Waals surface area contributed by atoms with Gasteiger partial charge in [-0.25, -0.2) is 0 Å². The van der Waals surface area contributed by atoms with Gasteiger partial charge in [-0.2, -0.15) is 0 Å². The molecule has 154 valence electrons. The number of fused-ring (bicyclic) bond motifs is 1. The van der Waals surface area contributed by atoms with Crippen molar-refractivity contribution in [2.75, 3.05) is 15.6 Å². The van der Waals surface area contributed by atoms with Crippen LogP contribution in [-0.2, 0) is 14.5 Å². The lowest BCUT2D eigenvalue weighted by Gasteiger charge is -2.40. The minimum atomic E-state index is -1.05. The van der Waals surface area contributed by atoms with Gasteiger partial charge in [0.1, 0.15) is 0 Å². The van der Waals surface area contributed by atoms with Crippen LogP contribution in [0.2, 0.25) is 0 Å². The molecule has 0 saturated carbocycles. The van der Waals surface area contributed by atoms with Crippen molar-refractivity contribution >= 4 is 40.5 Å². The third-order valence-electron chi connectivity index (χ3n) is 6.34.